The molecule has 0 spiro atoms. The normalized spacial score (nSPS) is 16.0. The SMILES string of the molecule is COc1ccc(CC2c3cc(OC)c(OC)cc3CC(c3ccc(OC)c(OC)c3)N2CCCCCC(C#N)Sc2ccc(C)cc2)cc1OC. The van der Waals surface area contributed by atoms with Crippen LogP contribution in [0, 0.1) is 18.3 Å². The van der Waals surface area contributed by atoms with Crippen LogP contribution in [0.3, 0.4) is 0 Å². The van der Waals surface area contributed by atoms with E-state index in [4.69, 9.17) is 28.4 Å². The van der Waals surface area contributed by atoms with E-state index in [0.717, 1.165) is 66.8 Å². The molecule has 4 aromatic rings. The second-order valence-corrected chi connectivity index (χ2v) is 14.1. The summed E-state index contributed by atoms with van der Waals surface area (Å²) in [6.07, 6.45) is 5.37. The molecule has 0 saturated heterocycles. The summed E-state index contributed by atoms with van der Waals surface area (Å²) in [6, 6.07) is 27.7. The molecule has 0 saturated carbocycles. The molecule has 51 heavy (non-hydrogen) atoms. The number of ether oxygens (including phenoxy) is 6. The maximum absolute atomic E-state index is 9.93. The third-order valence-electron chi connectivity index (χ3n) is 9.71. The van der Waals surface area contributed by atoms with Crippen LogP contribution < -0.4 is 28.4 Å². The fourth-order valence-electron chi connectivity index (χ4n) is 7.02. The summed E-state index contributed by atoms with van der Waals surface area (Å²) in [5.74, 6) is 4.25. The van der Waals surface area contributed by atoms with E-state index in [9.17, 15) is 5.26 Å². The zero-order valence-electron chi connectivity index (χ0n) is 30.9. The molecule has 4 aromatic carbocycles. The first-order valence-electron chi connectivity index (χ1n) is 17.4. The van der Waals surface area contributed by atoms with Crippen LogP contribution >= 0.6 is 11.8 Å². The van der Waals surface area contributed by atoms with Crippen LogP contribution in [0.5, 0.6) is 34.5 Å². The number of fused-ring (bicyclic) bond motifs is 1. The zero-order valence-corrected chi connectivity index (χ0v) is 31.7. The Morgan fingerprint density at radius 3 is 1.96 bits per heavy atom. The molecule has 3 atom stereocenters. The highest BCUT2D eigenvalue weighted by Crippen LogP contribution is 2.47. The lowest BCUT2D eigenvalue weighted by Gasteiger charge is -2.44. The van der Waals surface area contributed by atoms with Crippen molar-refractivity contribution in [3.05, 3.63) is 101 Å². The van der Waals surface area contributed by atoms with E-state index < -0.39 is 0 Å². The van der Waals surface area contributed by atoms with Gasteiger partial charge in [0.15, 0.2) is 34.5 Å². The Kier molecular flexibility index (Phi) is 13.4. The third kappa shape index (κ3) is 9.05. The number of aryl methyl sites for hydroxylation is 1. The first-order chi connectivity index (χ1) is 24.8. The monoisotopic (exact) mass is 710 g/mol. The van der Waals surface area contributed by atoms with Crippen molar-refractivity contribution < 1.29 is 28.4 Å². The number of thioether (sulfide) groups is 1. The molecule has 1 aliphatic rings. The smallest absolute Gasteiger partial charge is 0.161 e. The van der Waals surface area contributed by atoms with Crippen LogP contribution in [0.2, 0.25) is 0 Å². The fourth-order valence-corrected chi connectivity index (χ4v) is 7.98. The van der Waals surface area contributed by atoms with Crippen molar-refractivity contribution >= 4 is 11.8 Å². The summed E-state index contributed by atoms with van der Waals surface area (Å²) in [6.45, 7) is 2.95. The number of nitriles is 1. The summed E-state index contributed by atoms with van der Waals surface area (Å²) < 4.78 is 34.2. The number of hydrogen-bond donors (Lipinski definition) is 0. The molecule has 3 unspecified atom stereocenters. The molecule has 0 N–H and O–H groups in total. The van der Waals surface area contributed by atoms with Gasteiger partial charge in [-0.3, -0.25) is 4.90 Å². The van der Waals surface area contributed by atoms with E-state index in [2.05, 4.69) is 78.6 Å². The molecule has 270 valence electrons. The highest BCUT2D eigenvalue weighted by Gasteiger charge is 2.36. The molecular weight excluding hydrogens is 661 g/mol. The van der Waals surface area contributed by atoms with Gasteiger partial charge in [0.25, 0.3) is 0 Å². The molecule has 0 aliphatic carbocycles. The van der Waals surface area contributed by atoms with Crippen LogP contribution in [0.25, 0.3) is 0 Å². The third-order valence-corrected chi connectivity index (χ3v) is 10.9. The predicted octanol–water partition coefficient (Wildman–Crippen LogP) is 9.17. The molecule has 8 nitrogen and oxygen atoms in total. The molecule has 1 heterocycles. The Hall–Kier alpha value is -4.52. The van der Waals surface area contributed by atoms with E-state index >= 15 is 0 Å². The second-order valence-electron chi connectivity index (χ2n) is 12.8. The molecule has 1 aliphatic heterocycles. The quantitative estimate of drug-likeness (QED) is 0.0787. The number of benzene rings is 4. The van der Waals surface area contributed by atoms with E-state index in [0.29, 0.717) is 28.7 Å². The summed E-state index contributed by atoms with van der Waals surface area (Å²) in [5, 5.41) is 9.85. The van der Waals surface area contributed by atoms with Gasteiger partial charge in [-0.05, 0) is 110 Å². The topological polar surface area (TPSA) is 82.4 Å². The first-order valence-corrected chi connectivity index (χ1v) is 18.3. The highest BCUT2D eigenvalue weighted by atomic mass is 32.2. The molecular formula is C42H50N2O6S. The van der Waals surface area contributed by atoms with Crippen molar-refractivity contribution in [2.45, 2.75) is 67.7 Å². The molecule has 0 amide bonds. The van der Waals surface area contributed by atoms with Crippen molar-refractivity contribution in [3.63, 3.8) is 0 Å². The molecule has 0 bridgehead atoms. The Morgan fingerprint density at radius 2 is 1.31 bits per heavy atom. The van der Waals surface area contributed by atoms with Crippen molar-refractivity contribution in [3.8, 4) is 40.6 Å². The lowest BCUT2D eigenvalue weighted by molar-refractivity contribution is 0.112. The average Bonchev–Trinajstić information content (AvgIpc) is 3.17. The maximum atomic E-state index is 9.93. The van der Waals surface area contributed by atoms with Gasteiger partial charge < -0.3 is 28.4 Å². The van der Waals surface area contributed by atoms with Crippen molar-refractivity contribution in [1.29, 1.82) is 5.26 Å². The van der Waals surface area contributed by atoms with Crippen LogP contribution in [-0.2, 0) is 12.8 Å². The summed E-state index contributed by atoms with van der Waals surface area (Å²) in [4.78, 5) is 3.77. The largest absolute Gasteiger partial charge is 0.493 e. The highest BCUT2D eigenvalue weighted by molar-refractivity contribution is 8.00. The first kappa shape index (κ1) is 37.7. The summed E-state index contributed by atoms with van der Waals surface area (Å²) in [7, 11) is 10.0. The van der Waals surface area contributed by atoms with Crippen LogP contribution in [-0.4, -0.2) is 59.4 Å². The Bertz CT molecular complexity index is 1790. The van der Waals surface area contributed by atoms with Gasteiger partial charge in [0, 0.05) is 17.0 Å². The maximum Gasteiger partial charge on any atom is 0.161 e. The van der Waals surface area contributed by atoms with Gasteiger partial charge in [-0.1, -0.05) is 42.7 Å². The molecule has 0 fully saturated rings. The van der Waals surface area contributed by atoms with Crippen LogP contribution in [0.1, 0.15) is 65.6 Å². The van der Waals surface area contributed by atoms with Gasteiger partial charge in [0.1, 0.15) is 0 Å². The Morgan fingerprint density at radius 1 is 0.706 bits per heavy atom. The Balaban J connectivity index is 1.47. The van der Waals surface area contributed by atoms with Gasteiger partial charge in [0.05, 0.1) is 54.0 Å². The number of nitrogens with zero attached hydrogens (tertiary/aromatic N) is 2. The minimum absolute atomic E-state index is 0.0219. The minimum atomic E-state index is -0.0747. The average molecular weight is 711 g/mol. The van der Waals surface area contributed by atoms with Gasteiger partial charge >= 0.3 is 0 Å². The van der Waals surface area contributed by atoms with Gasteiger partial charge in [-0.2, -0.15) is 5.26 Å². The molecule has 0 aromatic heterocycles. The van der Waals surface area contributed by atoms with Gasteiger partial charge in [0.2, 0.25) is 0 Å². The van der Waals surface area contributed by atoms with Crippen LogP contribution in [0.15, 0.2) is 77.7 Å². The Labute approximate surface area is 307 Å². The number of unbranched alkanes of at least 4 members (excludes halogenated alkanes) is 2. The van der Waals surface area contributed by atoms with Gasteiger partial charge in [-0.25, -0.2) is 0 Å². The number of methoxy groups -OCH3 is 6. The fraction of sp³-hybridized carbons (Fsp3) is 0.405. The number of rotatable bonds is 17. The molecule has 0 radical (unpaired) electrons. The number of hydrogen-bond acceptors (Lipinski definition) is 9. The van der Waals surface area contributed by atoms with E-state index in [1.807, 2.05) is 12.1 Å². The predicted molar refractivity (Wildman–Crippen MR) is 203 cm³/mol. The molecule has 5 rings (SSSR count). The van der Waals surface area contributed by atoms with Crippen molar-refractivity contribution in [1.82, 2.24) is 4.90 Å². The van der Waals surface area contributed by atoms with E-state index in [1.54, 1.807) is 54.4 Å². The van der Waals surface area contributed by atoms with Gasteiger partial charge in [-0.15, -0.1) is 11.8 Å². The standard InChI is InChI=1S/C42H50N2O6S/c1-28-12-16-32(17-13-28)51-33(27-43)11-9-8-10-20-44-35(30-15-19-38(46-3)40(24-30)48-5)23-31-25-41(49-6)42(50-7)26-34(31)36(44)21-29-14-18-37(45-2)39(22-29)47-4/h12-19,22,24-26,33,35-36H,8-11,20-21,23H2,1-7H3. The van der Waals surface area contributed by atoms with E-state index in [-0.39, 0.29) is 17.3 Å². The lowest BCUT2D eigenvalue weighted by atomic mass is 9.82. The minimum Gasteiger partial charge on any atom is -0.493 e. The zero-order chi connectivity index (χ0) is 36.3. The lowest BCUT2D eigenvalue weighted by Crippen LogP contribution is -2.40. The van der Waals surface area contributed by atoms with Crippen LogP contribution in [0.4, 0.5) is 0 Å². The summed E-state index contributed by atoms with van der Waals surface area (Å²) >= 11 is 1.66. The van der Waals surface area contributed by atoms with E-state index in [1.165, 1.54) is 16.7 Å². The second kappa shape index (κ2) is 18.1. The van der Waals surface area contributed by atoms with Crippen molar-refractivity contribution in [2.75, 3.05) is 49.2 Å². The van der Waals surface area contributed by atoms with Crippen molar-refractivity contribution in [2.24, 2.45) is 0 Å². The molecule has 9 heteroatoms. The summed E-state index contributed by atoms with van der Waals surface area (Å²) in [5.41, 5.74) is 5.96.